The maximum absolute atomic E-state index is 12.8. The van der Waals surface area contributed by atoms with Gasteiger partial charge in [-0.3, -0.25) is 4.79 Å². The molecule has 138 valence electrons. The summed E-state index contributed by atoms with van der Waals surface area (Å²) in [5.41, 5.74) is 0.926. The molecule has 0 spiro atoms. The topological polar surface area (TPSA) is 52.8 Å². The van der Waals surface area contributed by atoms with E-state index in [2.05, 4.69) is 10.9 Å². The molecular weight excluding hydrogens is 407 g/mol. The Morgan fingerprint density at radius 3 is 2.63 bits per heavy atom. The van der Waals surface area contributed by atoms with Gasteiger partial charge in [-0.25, -0.2) is 0 Å². The number of thiazole rings is 1. The number of rotatable bonds is 4. The van der Waals surface area contributed by atoms with E-state index >= 15 is 0 Å². The van der Waals surface area contributed by atoms with Gasteiger partial charge in [0.05, 0.1) is 46.6 Å². The van der Waals surface area contributed by atoms with Crippen molar-refractivity contribution in [1.29, 1.82) is 0 Å². The number of halogens is 2. The third kappa shape index (κ3) is 3.54. The van der Waals surface area contributed by atoms with Gasteiger partial charge in [0.1, 0.15) is 0 Å². The summed E-state index contributed by atoms with van der Waals surface area (Å²) in [7, 11) is 2.96. The van der Waals surface area contributed by atoms with E-state index in [4.69, 9.17) is 39.1 Å². The number of fused-ring (bicyclic) bond motifs is 1. The Morgan fingerprint density at radius 1 is 1.22 bits per heavy atom. The average molecular weight is 421 g/mol. The van der Waals surface area contributed by atoms with Crippen LogP contribution in [0.15, 0.2) is 35.3 Å². The van der Waals surface area contributed by atoms with E-state index in [1.54, 1.807) is 34.9 Å². The molecule has 8 heteroatoms. The van der Waals surface area contributed by atoms with Crippen molar-refractivity contribution in [2.24, 2.45) is 4.99 Å². The number of nitrogens with zero attached hydrogens (tertiary/aromatic N) is 2. The predicted molar refractivity (Wildman–Crippen MR) is 108 cm³/mol. The molecule has 1 amide bonds. The summed E-state index contributed by atoms with van der Waals surface area (Å²) in [5.74, 6) is 2.82. The number of benzene rings is 2. The van der Waals surface area contributed by atoms with Crippen LogP contribution in [0, 0.1) is 12.3 Å². The zero-order valence-corrected chi connectivity index (χ0v) is 16.8. The second-order valence-electron chi connectivity index (χ2n) is 5.34. The number of hydrogen-bond acceptors (Lipinski definition) is 4. The van der Waals surface area contributed by atoms with Crippen LogP contribution in [0.1, 0.15) is 10.4 Å². The van der Waals surface area contributed by atoms with Crippen LogP contribution in [0.5, 0.6) is 11.5 Å². The van der Waals surface area contributed by atoms with Crippen molar-refractivity contribution in [3.63, 3.8) is 0 Å². The molecule has 1 heterocycles. The number of para-hydroxylation sites is 1. The first kappa shape index (κ1) is 19.3. The van der Waals surface area contributed by atoms with E-state index in [1.807, 2.05) is 0 Å². The monoisotopic (exact) mass is 420 g/mol. The van der Waals surface area contributed by atoms with Gasteiger partial charge < -0.3 is 14.0 Å². The van der Waals surface area contributed by atoms with Crippen molar-refractivity contribution >= 4 is 50.7 Å². The molecule has 0 saturated heterocycles. The van der Waals surface area contributed by atoms with Crippen LogP contribution in [0.25, 0.3) is 10.2 Å². The van der Waals surface area contributed by atoms with Crippen molar-refractivity contribution in [1.82, 2.24) is 4.57 Å². The zero-order valence-electron chi connectivity index (χ0n) is 14.5. The first-order valence-corrected chi connectivity index (χ1v) is 9.30. The van der Waals surface area contributed by atoms with Crippen LogP contribution in [-0.4, -0.2) is 24.7 Å². The maximum Gasteiger partial charge on any atom is 0.283 e. The van der Waals surface area contributed by atoms with Crippen molar-refractivity contribution in [2.45, 2.75) is 6.54 Å². The van der Waals surface area contributed by atoms with Gasteiger partial charge in [-0.05, 0) is 24.3 Å². The fourth-order valence-corrected chi connectivity index (χ4v) is 4.28. The molecule has 0 N–H and O–H groups in total. The van der Waals surface area contributed by atoms with Crippen molar-refractivity contribution in [2.75, 3.05) is 14.2 Å². The van der Waals surface area contributed by atoms with Gasteiger partial charge in [-0.15, -0.1) is 6.42 Å². The van der Waals surface area contributed by atoms with Crippen LogP contribution < -0.4 is 14.3 Å². The van der Waals surface area contributed by atoms with E-state index in [0.717, 1.165) is 0 Å². The summed E-state index contributed by atoms with van der Waals surface area (Å²) in [4.78, 5) is 17.5. The minimum atomic E-state index is -0.490. The first-order chi connectivity index (χ1) is 13.0. The Morgan fingerprint density at radius 2 is 1.96 bits per heavy atom. The van der Waals surface area contributed by atoms with E-state index in [9.17, 15) is 4.79 Å². The van der Waals surface area contributed by atoms with Gasteiger partial charge in [0.15, 0.2) is 16.3 Å². The Bertz CT molecular complexity index is 1140. The fraction of sp³-hybridized carbons (Fsp3) is 0.158. The molecule has 0 bridgehead atoms. The summed E-state index contributed by atoms with van der Waals surface area (Å²) in [6, 6.07) is 8.39. The molecule has 1 aromatic heterocycles. The minimum absolute atomic E-state index is 0.196. The highest BCUT2D eigenvalue weighted by Crippen LogP contribution is 2.33. The number of ether oxygens (including phenoxy) is 2. The number of carbonyl (C=O) groups excluding carboxylic acids is 1. The first-order valence-electron chi connectivity index (χ1n) is 7.72. The smallest absolute Gasteiger partial charge is 0.283 e. The van der Waals surface area contributed by atoms with E-state index in [-0.39, 0.29) is 12.1 Å². The van der Waals surface area contributed by atoms with Crippen molar-refractivity contribution in [3.05, 3.63) is 50.7 Å². The second kappa shape index (κ2) is 8.05. The number of methoxy groups -OCH3 is 2. The highest BCUT2D eigenvalue weighted by molar-refractivity contribution is 7.17. The molecule has 0 aliphatic rings. The molecule has 0 unspecified atom stereocenters. The molecule has 5 nitrogen and oxygen atoms in total. The van der Waals surface area contributed by atoms with E-state index in [1.165, 1.54) is 25.6 Å². The van der Waals surface area contributed by atoms with Gasteiger partial charge >= 0.3 is 0 Å². The molecule has 0 saturated carbocycles. The highest BCUT2D eigenvalue weighted by Gasteiger charge is 2.18. The zero-order chi connectivity index (χ0) is 19.6. The Labute approximate surface area is 169 Å². The lowest BCUT2D eigenvalue weighted by Crippen LogP contribution is -2.17. The Kier molecular flexibility index (Phi) is 5.76. The van der Waals surface area contributed by atoms with Gasteiger partial charge in [0.2, 0.25) is 0 Å². The van der Waals surface area contributed by atoms with Crippen molar-refractivity contribution < 1.29 is 14.3 Å². The van der Waals surface area contributed by atoms with Crippen LogP contribution >= 0.6 is 34.5 Å². The molecule has 0 radical (unpaired) electrons. The molecular formula is C19H14Cl2N2O3S. The van der Waals surface area contributed by atoms with Gasteiger partial charge in [-0.2, -0.15) is 4.99 Å². The van der Waals surface area contributed by atoms with E-state index < -0.39 is 5.91 Å². The summed E-state index contributed by atoms with van der Waals surface area (Å²) in [6.07, 6.45) is 5.49. The number of aromatic nitrogens is 1. The van der Waals surface area contributed by atoms with Crippen LogP contribution in [0.4, 0.5) is 0 Å². The van der Waals surface area contributed by atoms with Crippen LogP contribution in [-0.2, 0) is 6.54 Å². The molecule has 3 rings (SSSR count). The summed E-state index contributed by atoms with van der Waals surface area (Å²) in [6.45, 7) is 0.196. The summed E-state index contributed by atoms with van der Waals surface area (Å²) < 4.78 is 13.0. The van der Waals surface area contributed by atoms with Gasteiger partial charge in [0, 0.05) is 0 Å². The lowest BCUT2D eigenvalue weighted by Gasteiger charge is -2.09. The molecule has 2 aromatic carbocycles. The number of amides is 1. The third-order valence-electron chi connectivity index (χ3n) is 3.81. The van der Waals surface area contributed by atoms with E-state index in [0.29, 0.717) is 36.6 Å². The SMILES string of the molecule is C#CCn1c(=NC(=O)c2cccc(OC)c2OC)sc2c(Cl)ccc(Cl)c21. The molecule has 0 atom stereocenters. The second-order valence-corrected chi connectivity index (χ2v) is 7.13. The normalized spacial score (nSPS) is 11.4. The van der Waals surface area contributed by atoms with Crippen molar-refractivity contribution in [3.8, 4) is 23.8 Å². The number of hydrogen-bond donors (Lipinski definition) is 0. The molecule has 0 fully saturated rings. The van der Waals surface area contributed by atoms with Gasteiger partial charge in [-0.1, -0.05) is 46.5 Å². The average Bonchev–Trinajstić information content (AvgIpc) is 3.03. The predicted octanol–water partition coefficient (Wildman–Crippen LogP) is 4.40. The summed E-state index contributed by atoms with van der Waals surface area (Å²) >= 11 is 13.8. The molecule has 0 aliphatic carbocycles. The quantitative estimate of drug-likeness (QED) is 0.587. The van der Waals surface area contributed by atoms with Gasteiger partial charge in [0.25, 0.3) is 5.91 Å². The fourth-order valence-electron chi connectivity index (χ4n) is 2.64. The lowest BCUT2D eigenvalue weighted by atomic mass is 10.2. The largest absolute Gasteiger partial charge is 0.493 e. The molecule has 0 aliphatic heterocycles. The maximum atomic E-state index is 12.8. The highest BCUT2D eigenvalue weighted by atomic mass is 35.5. The minimum Gasteiger partial charge on any atom is -0.493 e. The third-order valence-corrected chi connectivity index (χ3v) is 5.65. The molecule has 3 aromatic rings. The lowest BCUT2D eigenvalue weighted by molar-refractivity contribution is 0.0994. The number of terminal acetylenes is 1. The van der Waals surface area contributed by atoms with Crippen LogP contribution in [0.3, 0.4) is 0 Å². The standard InChI is InChI=1S/C19H14Cl2N2O3S/c1-4-10-23-15-12(20)8-9-13(21)17(15)27-19(23)22-18(24)11-6-5-7-14(25-2)16(11)26-3/h1,5-9H,10H2,2-3H3. The molecule has 27 heavy (non-hydrogen) atoms. The number of carbonyl (C=O) groups is 1. The Hall–Kier alpha value is -2.46. The van der Waals surface area contributed by atoms with Crippen LogP contribution in [0.2, 0.25) is 10.0 Å². The Balaban J connectivity index is 2.24. The summed E-state index contributed by atoms with van der Waals surface area (Å²) in [5, 5.41) is 0.992.